The highest BCUT2D eigenvalue weighted by molar-refractivity contribution is 5.39. The minimum Gasteiger partial charge on any atom is -0.515 e. The molecule has 2 N–H and O–H groups in total. The van der Waals surface area contributed by atoms with Gasteiger partial charge in [-0.15, -0.1) is 0 Å². The molecule has 0 aliphatic carbocycles. The summed E-state index contributed by atoms with van der Waals surface area (Å²) in [6.45, 7) is 23.9. The zero-order valence-electron chi connectivity index (χ0n) is 21.6. The lowest BCUT2D eigenvalue weighted by molar-refractivity contribution is 0.295. The summed E-state index contributed by atoms with van der Waals surface area (Å²) in [7, 11) is 0. The van der Waals surface area contributed by atoms with Gasteiger partial charge in [0, 0.05) is 0 Å². The molecule has 0 saturated carbocycles. The molecule has 0 rings (SSSR count). The van der Waals surface area contributed by atoms with Crippen molar-refractivity contribution in [3.8, 4) is 0 Å². The van der Waals surface area contributed by atoms with E-state index >= 15 is 0 Å². The fraction of sp³-hybridized carbons (Fsp3) is 0.643. The summed E-state index contributed by atoms with van der Waals surface area (Å²) in [6, 6.07) is 0. The summed E-state index contributed by atoms with van der Waals surface area (Å²) in [5, 5.41) is 19.8. The second-order valence-electron chi connectivity index (χ2n) is 11.5. The van der Waals surface area contributed by atoms with E-state index in [-0.39, 0.29) is 22.9 Å². The van der Waals surface area contributed by atoms with Crippen LogP contribution < -0.4 is 0 Å². The molecule has 172 valence electrons. The third kappa shape index (κ3) is 10.5. The van der Waals surface area contributed by atoms with Gasteiger partial charge < -0.3 is 10.2 Å². The molecule has 2 heteroatoms. The molecule has 0 aliphatic heterocycles. The Morgan fingerprint density at radius 3 is 1.80 bits per heavy atom. The topological polar surface area (TPSA) is 40.5 Å². The zero-order chi connectivity index (χ0) is 23.8. The van der Waals surface area contributed by atoms with Crippen molar-refractivity contribution >= 4 is 0 Å². The van der Waals surface area contributed by atoms with Crippen LogP contribution >= 0.6 is 0 Å². The number of rotatable bonds is 8. The average Bonchev–Trinajstić information content (AvgIpc) is 2.58. The maximum absolute atomic E-state index is 10.0. The summed E-state index contributed by atoms with van der Waals surface area (Å²) in [4.78, 5) is 0. The highest BCUT2D eigenvalue weighted by atomic mass is 16.3. The summed E-state index contributed by atoms with van der Waals surface area (Å²) in [5.74, 6) is 0.385. The van der Waals surface area contributed by atoms with Crippen molar-refractivity contribution in [3.63, 3.8) is 0 Å². The molecule has 0 aromatic heterocycles. The second kappa shape index (κ2) is 11.7. The van der Waals surface area contributed by atoms with E-state index in [1.165, 1.54) is 11.8 Å². The normalized spacial score (nSPS) is 17.1. The van der Waals surface area contributed by atoms with Gasteiger partial charge in [0.05, 0.1) is 12.9 Å². The Kier molecular flexibility index (Phi) is 11.1. The Morgan fingerprint density at radius 1 is 0.867 bits per heavy atom. The summed E-state index contributed by atoms with van der Waals surface area (Å²) >= 11 is 0. The van der Waals surface area contributed by atoms with E-state index in [4.69, 9.17) is 0 Å². The van der Waals surface area contributed by atoms with Gasteiger partial charge in [-0.2, -0.15) is 0 Å². The lowest BCUT2D eigenvalue weighted by Gasteiger charge is -2.27. The highest BCUT2D eigenvalue weighted by Crippen LogP contribution is 2.33. The standard InChI is InChI=1S/C28H48O2/c1-12-13-14-22(17-24(19-29)27(6,7)8)16-23(15-21(2)26(3,4)5)18-25(20-30)28(9,10)11/h13-15,17-19,21,29-30H,12,16,20H2,1-11H3/b14-13+,22-17+,23-15-,24-19-,25-18+. The van der Waals surface area contributed by atoms with E-state index < -0.39 is 0 Å². The van der Waals surface area contributed by atoms with Gasteiger partial charge in [-0.1, -0.05) is 107 Å². The molecule has 0 heterocycles. The molecule has 0 aromatic carbocycles. The quantitative estimate of drug-likeness (QED) is 0.308. The Labute approximate surface area is 187 Å². The van der Waals surface area contributed by atoms with Gasteiger partial charge in [-0.05, 0) is 57.3 Å². The van der Waals surface area contributed by atoms with Crippen molar-refractivity contribution in [2.45, 2.75) is 89.0 Å². The molecular weight excluding hydrogens is 368 g/mol. The van der Waals surface area contributed by atoms with Crippen LogP contribution in [0.3, 0.4) is 0 Å². The Hall–Kier alpha value is -1.54. The van der Waals surface area contributed by atoms with Crippen LogP contribution in [0.1, 0.15) is 89.0 Å². The lowest BCUT2D eigenvalue weighted by Crippen LogP contribution is -2.16. The monoisotopic (exact) mass is 416 g/mol. The molecule has 0 bridgehead atoms. The van der Waals surface area contributed by atoms with Crippen LogP contribution in [0.2, 0.25) is 0 Å². The van der Waals surface area contributed by atoms with Gasteiger partial charge in [0.2, 0.25) is 0 Å². The minimum absolute atomic E-state index is 0.0539. The van der Waals surface area contributed by atoms with Gasteiger partial charge in [-0.3, -0.25) is 0 Å². The molecule has 1 atom stereocenters. The molecule has 0 radical (unpaired) electrons. The van der Waals surface area contributed by atoms with E-state index in [0.29, 0.717) is 5.92 Å². The van der Waals surface area contributed by atoms with Gasteiger partial charge in [0.25, 0.3) is 0 Å². The molecule has 2 nitrogen and oxygen atoms in total. The first kappa shape index (κ1) is 28.5. The van der Waals surface area contributed by atoms with Crippen molar-refractivity contribution in [1.82, 2.24) is 0 Å². The first-order valence-electron chi connectivity index (χ1n) is 11.3. The van der Waals surface area contributed by atoms with Gasteiger partial charge in [0.15, 0.2) is 0 Å². The number of hydrogen-bond acceptors (Lipinski definition) is 2. The third-order valence-corrected chi connectivity index (χ3v) is 5.65. The predicted octanol–water partition coefficient (Wildman–Crippen LogP) is 8.33. The van der Waals surface area contributed by atoms with Crippen LogP contribution in [0.25, 0.3) is 0 Å². The Morgan fingerprint density at radius 2 is 1.43 bits per heavy atom. The number of allylic oxidation sites excluding steroid dienone is 8. The van der Waals surface area contributed by atoms with Crippen LogP contribution in [0.4, 0.5) is 0 Å². The van der Waals surface area contributed by atoms with Crippen molar-refractivity contribution in [2.24, 2.45) is 22.2 Å². The fourth-order valence-electron chi connectivity index (χ4n) is 2.76. The molecule has 0 aromatic rings. The van der Waals surface area contributed by atoms with E-state index in [1.54, 1.807) is 0 Å². The maximum Gasteiger partial charge on any atom is 0.0829 e. The average molecular weight is 417 g/mol. The Bertz CT molecular complexity index is 678. The van der Waals surface area contributed by atoms with E-state index in [1.807, 2.05) is 0 Å². The molecule has 0 fully saturated rings. The van der Waals surface area contributed by atoms with Crippen LogP contribution in [-0.2, 0) is 0 Å². The minimum atomic E-state index is -0.139. The Balaban J connectivity index is 6.47. The van der Waals surface area contributed by atoms with Gasteiger partial charge in [0.1, 0.15) is 0 Å². The first-order chi connectivity index (χ1) is 13.6. The molecule has 1 unspecified atom stereocenters. The van der Waals surface area contributed by atoms with Gasteiger partial charge in [-0.25, -0.2) is 0 Å². The summed E-state index contributed by atoms with van der Waals surface area (Å²) < 4.78 is 0. The van der Waals surface area contributed by atoms with Crippen LogP contribution in [0.5, 0.6) is 0 Å². The molecular formula is C28H48O2. The smallest absolute Gasteiger partial charge is 0.0829 e. The van der Waals surface area contributed by atoms with Gasteiger partial charge >= 0.3 is 0 Å². The number of aliphatic hydroxyl groups excluding tert-OH is 2. The maximum atomic E-state index is 10.0. The summed E-state index contributed by atoms with van der Waals surface area (Å²) in [6.07, 6.45) is 13.9. The second-order valence-corrected chi connectivity index (χ2v) is 11.5. The van der Waals surface area contributed by atoms with E-state index in [2.05, 4.69) is 107 Å². The van der Waals surface area contributed by atoms with Crippen LogP contribution in [0.15, 0.2) is 58.9 Å². The van der Waals surface area contributed by atoms with Crippen LogP contribution in [0, 0.1) is 22.2 Å². The third-order valence-electron chi connectivity index (χ3n) is 5.65. The van der Waals surface area contributed by atoms with E-state index in [0.717, 1.165) is 29.6 Å². The SMILES string of the molecule is CC/C=C/C(=C\C(=C\O)C(C)(C)C)CC(=C/C(C)C(C)(C)C)/C=C(\CO)C(C)(C)C. The van der Waals surface area contributed by atoms with E-state index in [9.17, 15) is 10.2 Å². The molecule has 30 heavy (non-hydrogen) atoms. The molecule has 0 amide bonds. The largest absolute Gasteiger partial charge is 0.515 e. The highest BCUT2D eigenvalue weighted by Gasteiger charge is 2.21. The zero-order valence-corrected chi connectivity index (χ0v) is 21.6. The lowest BCUT2D eigenvalue weighted by atomic mass is 9.79. The van der Waals surface area contributed by atoms with Crippen molar-refractivity contribution in [1.29, 1.82) is 0 Å². The van der Waals surface area contributed by atoms with Crippen LogP contribution in [-0.4, -0.2) is 16.8 Å². The van der Waals surface area contributed by atoms with Crippen molar-refractivity contribution < 1.29 is 10.2 Å². The predicted molar refractivity (Wildman–Crippen MR) is 134 cm³/mol. The van der Waals surface area contributed by atoms with Crippen molar-refractivity contribution in [3.05, 3.63) is 58.9 Å². The molecule has 0 aliphatic rings. The fourth-order valence-corrected chi connectivity index (χ4v) is 2.76. The molecule has 0 saturated heterocycles. The number of hydrogen-bond donors (Lipinski definition) is 2. The summed E-state index contributed by atoms with van der Waals surface area (Å²) in [5.41, 5.74) is 4.22. The first-order valence-corrected chi connectivity index (χ1v) is 11.3. The molecule has 0 spiro atoms. The van der Waals surface area contributed by atoms with Crippen molar-refractivity contribution in [2.75, 3.05) is 6.61 Å². The number of aliphatic hydroxyl groups is 2.